The SMILES string of the molecule is CC(F)(F)C(C=O)C1CCCCCC1. The zero-order chi connectivity index (χ0) is 10.6. The van der Waals surface area contributed by atoms with Crippen molar-refractivity contribution in [1.29, 1.82) is 0 Å². The third-order valence-corrected chi connectivity index (χ3v) is 3.14. The molecule has 3 heteroatoms. The molecule has 0 aromatic rings. The highest BCUT2D eigenvalue weighted by Gasteiger charge is 2.39. The molecule has 1 unspecified atom stereocenters. The fourth-order valence-corrected chi connectivity index (χ4v) is 2.31. The third kappa shape index (κ3) is 3.03. The summed E-state index contributed by atoms with van der Waals surface area (Å²) >= 11 is 0. The van der Waals surface area contributed by atoms with Gasteiger partial charge in [0.15, 0.2) is 0 Å². The Kier molecular flexibility index (Phi) is 4.02. The maximum atomic E-state index is 13.1. The smallest absolute Gasteiger partial charge is 0.255 e. The van der Waals surface area contributed by atoms with Gasteiger partial charge in [0.1, 0.15) is 6.29 Å². The maximum Gasteiger partial charge on any atom is 0.255 e. The number of alkyl halides is 2. The number of carbonyl (C=O) groups is 1. The van der Waals surface area contributed by atoms with Crippen LogP contribution in [0, 0.1) is 11.8 Å². The van der Waals surface area contributed by atoms with Crippen LogP contribution in [0.3, 0.4) is 0 Å². The second kappa shape index (κ2) is 4.85. The predicted molar refractivity (Wildman–Crippen MR) is 51.4 cm³/mol. The molecule has 0 saturated heterocycles. The number of aldehydes is 1. The molecular weight excluding hydrogens is 186 g/mol. The van der Waals surface area contributed by atoms with Crippen molar-refractivity contribution in [2.24, 2.45) is 11.8 Å². The van der Waals surface area contributed by atoms with Crippen LogP contribution >= 0.6 is 0 Å². The molecule has 0 amide bonds. The van der Waals surface area contributed by atoms with Crippen LogP contribution in [0.5, 0.6) is 0 Å². The molecule has 0 heterocycles. The molecule has 0 radical (unpaired) electrons. The monoisotopic (exact) mass is 204 g/mol. The molecule has 0 aromatic heterocycles. The molecular formula is C11H18F2O. The Balaban J connectivity index is 2.62. The van der Waals surface area contributed by atoms with Crippen molar-refractivity contribution < 1.29 is 13.6 Å². The van der Waals surface area contributed by atoms with E-state index in [2.05, 4.69) is 0 Å². The average molecular weight is 204 g/mol. The number of halogens is 2. The summed E-state index contributed by atoms with van der Waals surface area (Å²) in [5, 5.41) is 0. The van der Waals surface area contributed by atoms with Gasteiger partial charge >= 0.3 is 0 Å². The summed E-state index contributed by atoms with van der Waals surface area (Å²) in [5.41, 5.74) is 0. The zero-order valence-corrected chi connectivity index (χ0v) is 8.64. The second-order valence-electron chi connectivity index (χ2n) is 4.37. The molecule has 14 heavy (non-hydrogen) atoms. The molecule has 1 aliphatic carbocycles. The standard InChI is InChI=1S/C11H18F2O/c1-11(12,13)10(8-14)9-6-4-2-3-5-7-9/h8-10H,2-7H2,1H3. The van der Waals surface area contributed by atoms with E-state index in [4.69, 9.17) is 0 Å². The van der Waals surface area contributed by atoms with Crippen LogP contribution in [0.2, 0.25) is 0 Å². The normalized spacial score (nSPS) is 22.8. The first-order valence-electron chi connectivity index (χ1n) is 5.39. The Morgan fingerprint density at radius 1 is 1.21 bits per heavy atom. The Hall–Kier alpha value is -0.470. The Morgan fingerprint density at radius 2 is 1.71 bits per heavy atom. The Morgan fingerprint density at radius 3 is 2.07 bits per heavy atom. The molecule has 1 fully saturated rings. The molecule has 0 spiro atoms. The first kappa shape index (κ1) is 11.6. The van der Waals surface area contributed by atoms with Crippen LogP contribution < -0.4 is 0 Å². The molecule has 1 rings (SSSR count). The topological polar surface area (TPSA) is 17.1 Å². The molecule has 1 aliphatic rings. The van der Waals surface area contributed by atoms with E-state index in [9.17, 15) is 13.6 Å². The van der Waals surface area contributed by atoms with E-state index < -0.39 is 11.8 Å². The van der Waals surface area contributed by atoms with Gasteiger partial charge in [0.25, 0.3) is 5.92 Å². The lowest BCUT2D eigenvalue weighted by Gasteiger charge is -2.26. The van der Waals surface area contributed by atoms with Crippen molar-refractivity contribution in [2.75, 3.05) is 0 Å². The molecule has 1 saturated carbocycles. The minimum Gasteiger partial charge on any atom is -0.303 e. The summed E-state index contributed by atoms with van der Waals surface area (Å²) < 4.78 is 26.1. The largest absolute Gasteiger partial charge is 0.303 e. The number of rotatable bonds is 3. The fourth-order valence-electron chi connectivity index (χ4n) is 2.31. The minimum absolute atomic E-state index is 0.102. The van der Waals surface area contributed by atoms with Crippen molar-refractivity contribution in [3.05, 3.63) is 0 Å². The maximum absolute atomic E-state index is 13.1. The highest BCUT2D eigenvalue weighted by Crippen LogP contribution is 2.36. The Bertz CT molecular complexity index is 178. The van der Waals surface area contributed by atoms with Crippen LogP contribution in [0.25, 0.3) is 0 Å². The van der Waals surface area contributed by atoms with Gasteiger partial charge in [-0.15, -0.1) is 0 Å². The van der Waals surface area contributed by atoms with E-state index in [-0.39, 0.29) is 5.92 Å². The van der Waals surface area contributed by atoms with Crippen molar-refractivity contribution in [1.82, 2.24) is 0 Å². The van der Waals surface area contributed by atoms with Gasteiger partial charge in [-0.05, 0) is 18.8 Å². The van der Waals surface area contributed by atoms with Gasteiger partial charge in [0.2, 0.25) is 0 Å². The first-order chi connectivity index (χ1) is 6.55. The summed E-state index contributed by atoms with van der Waals surface area (Å²) in [5.74, 6) is -4.02. The lowest BCUT2D eigenvalue weighted by Crippen LogP contribution is -2.32. The number of carbonyl (C=O) groups excluding carboxylic acids is 1. The van der Waals surface area contributed by atoms with Crippen LogP contribution in [0.4, 0.5) is 8.78 Å². The molecule has 0 aliphatic heterocycles. The van der Waals surface area contributed by atoms with Crippen molar-refractivity contribution in [3.8, 4) is 0 Å². The molecule has 0 N–H and O–H groups in total. The van der Waals surface area contributed by atoms with Crippen molar-refractivity contribution in [3.63, 3.8) is 0 Å². The van der Waals surface area contributed by atoms with Crippen LogP contribution in [-0.4, -0.2) is 12.2 Å². The summed E-state index contributed by atoms with van der Waals surface area (Å²) in [4.78, 5) is 10.7. The molecule has 0 bridgehead atoms. The molecule has 82 valence electrons. The Labute approximate surface area is 83.9 Å². The summed E-state index contributed by atoms with van der Waals surface area (Å²) in [7, 11) is 0. The van der Waals surface area contributed by atoms with Crippen molar-refractivity contribution >= 4 is 6.29 Å². The van der Waals surface area contributed by atoms with Gasteiger partial charge in [-0.25, -0.2) is 8.78 Å². The average Bonchev–Trinajstić information content (AvgIpc) is 2.31. The highest BCUT2D eigenvalue weighted by atomic mass is 19.3. The van der Waals surface area contributed by atoms with E-state index in [0.717, 1.165) is 45.4 Å². The van der Waals surface area contributed by atoms with Gasteiger partial charge in [0.05, 0.1) is 5.92 Å². The molecule has 0 aromatic carbocycles. The second-order valence-corrected chi connectivity index (χ2v) is 4.37. The lowest BCUT2D eigenvalue weighted by atomic mass is 9.83. The summed E-state index contributed by atoms with van der Waals surface area (Å²) in [6, 6.07) is 0. The van der Waals surface area contributed by atoms with E-state index >= 15 is 0 Å². The lowest BCUT2D eigenvalue weighted by molar-refractivity contribution is -0.128. The van der Waals surface area contributed by atoms with Gasteiger partial charge in [-0.2, -0.15) is 0 Å². The van der Waals surface area contributed by atoms with E-state index in [0.29, 0.717) is 6.29 Å². The highest BCUT2D eigenvalue weighted by molar-refractivity contribution is 5.55. The van der Waals surface area contributed by atoms with Crippen LogP contribution in [0.1, 0.15) is 45.4 Å². The van der Waals surface area contributed by atoms with Gasteiger partial charge in [-0.1, -0.05) is 25.7 Å². The summed E-state index contributed by atoms with van der Waals surface area (Å²) in [6.45, 7) is 0.858. The predicted octanol–water partition coefficient (Wildman–Crippen LogP) is 3.43. The van der Waals surface area contributed by atoms with E-state index in [1.807, 2.05) is 0 Å². The van der Waals surface area contributed by atoms with E-state index in [1.165, 1.54) is 0 Å². The van der Waals surface area contributed by atoms with Crippen molar-refractivity contribution in [2.45, 2.75) is 51.4 Å². The number of hydrogen-bond donors (Lipinski definition) is 0. The van der Waals surface area contributed by atoms with Crippen LogP contribution in [-0.2, 0) is 4.79 Å². The molecule has 1 atom stereocenters. The quantitative estimate of drug-likeness (QED) is 0.508. The number of hydrogen-bond acceptors (Lipinski definition) is 1. The van der Waals surface area contributed by atoms with Crippen LogP contribution in [0.15, 0.2) is 0 Å². The van der Waals surface area contributed by atoms with E-state index in [1.54, 1.807) is 0 Å². The van der Waals surface area contributed by atoms with Gasteiger partial charge < -0.3 is 4.79 Å². The summed E-state index contributed by atoms with van der Waals surface area (Å²) in [6.07, 6.45) is 6.25. The minimum atomic E-state index is -2.85. The first-order valence-corrected chi connectivity index (χ1v) is 5.39. The fraction of sp³-hybridized carbons (Fsp3) is 0.909. The third-order valence-electron chi connectivity index (χ3n) is 3.14. The zero-order valence-electron chi connectivity index (χ0n) is 8.64. The van der Waals surface area contributed by atoms with Gasteiger partial charge in [0, 0.05) is 6.92 Å². The van der Waals surface area contributed by atoms with Gasteiger partial charge in [-0.3, -0.25) is 0 Å². The molecule has 1 nitrogen and oxygen atoms in total.